The number of hydrogen-bond acceptors (Lipinski definition) is 6. The van der Waals surface area contributed by atoms with Gasteiger partial charge in [0.15, 0.2) is 0 Å². The van der Waals surface area contributed by atoms with Gasteiger partial charge in [-0.05, 0) is 17.7 Å². The molecule has 7 nitrogen and oxygen atoms in total. The maximum Gasteiger partial charge on any atom is 0.148 e. The first-order chi connectivity index (χ1) is 10.7. The van der Waals surface area contributed by atoms with E-state index in [1.807, 2.05) is 24.3 Å². The van der Waals surface area contributed by atoms with Crippen LogP contribution in [0.15, 0.2) is 30.6 Å². The van der Waals surface area contributed by atoms with Crippen molar-refractivity contribution in [2.75, 3.05) is 18.6 Å². The highest BCUT2D eigenvalue weighted by Gasteiger charge is 2.18. The number of hydrogen-bond donors (Lipinski definition) is 2. The molecular weight excluding hydrogens is 280 g/mol. The van der Waals surface area contributed by atoms with Crippen LogP contribution in [0.25, 0.3) is 11.0 Å². The molecule has 0 saturated heterocycles. The Balaban J connectivity index is 2.12. The molecule has 4 N–H and O–H groups in total. The first kappa shape index (κ1) is 13.7. The predicted molar refractivity (Wildman–Crippen MR) is 83.2 cm³/mol. The van der Waals surface area contributed by atoms with Crippen LogP contribution in [0.5, 0.6) is 5.75 Å². The quantitative estimate of drug-likeness (QED) is 0.756. The number of fused-ring (bicyclic) bond motifs is 1. The van der Waals surface area contributed by atoms with Crippen molar-refractivity contribution < 1.29 is 4.74 Å². The number of nitriles is 1. The monoisotopic (exact) mass is 294 g/mol. The topological polar surface area (TPSA) is 116 Å². The molecule has 0 unspecified atom stereocenters. The van der Waals surface area contributed by atoms with E-state index < -0.39 is 0 Å². The number of benzene rings is 1. The zero-order chi connectivity index (χ0) is 15.7. The Morgan fingerprint density at radius 1 is 1.23 bits per heavy atom. The fourth-order valence-corrected chi connectivity index (χ4v) is 2.40. The van der Waals surface area contributed by atoms with Gasteiger partial charge in [0.25, 0.3) is 0 Å². The van der Waals surface area contributed by atoms with Crippen LogP contribution in [0.4, 0.5) is 11.6 Å². The fourth-order valence-electron chi connectivity index (χ4n) is 2.40. The first-order valence-corrected chi connectivity index (χ1v) is 6.57. The Kier molecular flexibility index (Phi) is 3.27. The number of nitrogens with two attached hydrogens (primary N) is 2. The lowest BCUT2D eigenvalue weighted by Crippen LogP contribution is -2.05. The molecule has 0 saturated carbocycles. The molecule has 0 amide bonds. The fraction of sp³-hybridized carbons (Fsp3) is 0.133. The van der Waals surface area contributed by atoms with Gasteiger partial charge in [-0.3, -0.25) is 0 Å². The average Bonchev–Trinajstić information content (AvgIpc) is 2.81. The smallest absolute Gasteiger partial charge is 0.148 e. The molecule has 0 fully saturated rings. The van der Waals surface area contributed by atoms with Crippen molar-refractivity contribution in [1.82, 2.24) is 14.5 Å². The van der Waals surface area contributed by atoms with Crippen molar-refractivity contribution in [3.8, 4) is 11.8 Å². The number of aromatic nitrogens is 3. The van der Waals surface area contributed by atoms with E-state index in [0.29, 0.717) is 29.0 Å². The second-order valence-electron chi connectivity index (χ2n) is 4.76. The molecule has 0 aliphatic heterocycles. The van der Waals surface area contributed by atoms with E-state index in [4.69, 9.17) is 16.2 Å². The van der Waals surface area contributed by atoms with E-state index in [0.717, 1.165) is 11.3 Å². The molecule has 3 rings (SSSR count). The molecule has 3 aromatic rings. The Morgan fingerprint density at radius 3 is 2.59 bits per heavy atom. The van der Waals surface area contributed by atoms with Crippen LogP contribution in [-0.4, -0.2) is 21.6 Å². The molecular formula is C15H14N6O. The van der Waals surface area contributed by atoms with E-state index in [9.17, 15) is 5.26 Å². The molecule has 2 aromatic heterocycles. The highest BCUT2D eigenvalue weighted by atomic mass is 16.5. The number of anilines is 2. The zero-order valence-electron chi connectivity index (χ0n) is 11.9. The molecule has 0 bridgehead atoms. The van der Waals surface area contributed by atoms with Gasteiger partial charge in [-0.1, -0.05) is 12.1 Å². The van der Waals surface area contributed by atoms with Crippen molar-refractivity contribution >= 4 is 22.7 Å². The van der Waals surface area contributed by atoms with Gasteiger partial charge < -0.3 is 20.8 Å². The predicted octanol–water partition coefficient (Wildman–Crippen LogP) is 1.52. The molecule has 22 heavy (non-hydrogen) atoms. The van der Waals surface area contributed by atoms with Crippen molar-refractivity contribution in [2.24, 2.45) is 0 Å². The average molecular weight is 294 g/mol. The highest BCUT2D eigenvalue weighted by Crippen LogP contribution is 2.30. The Labute approximate surface area is 126 Å². The van der Waals surface area contributed by atoms with Gasteiger partial charge in [0.05, 0.1) is 19.0 Å². The summed E-state index contributed by atoms with van der Waals surface area (Å²) in [6.07, 6.45) is 1.36. The standard InChI is InChI=1S/C15H14N6O/c1-22-10-4-2-9(3-5-10)7-21-14(18)11(6-16)12-13(17)19-8-20-15(12)21/h2-5,8H,7,18H2,1H3,(H2,17,19,20). The van der Waals surface area contributed by atoms with Crippen LogP contribution in [0.3, 0.4) is 0 Å². The van der Waals surface area contributed by atoms with E-state index in [1.54, 1.807) is 11.7 Å². The number of rotatable bonds is 3. The summed E-state index contributed by atoms with van der Waals surface area (Å²) >= 11 is 0. The molecule has 0 radical (unpaired) electrons. The molecule has 2 heterocycles. The van der Waals surface area contributed by atoms with Gasteiger partial charge in [-0.25, -0.2) is 9.97 Å². The van der Waals surface area contributed by atoms with E-state index >= 15 is 0 Å². The highest BCUT2D eigenvalue weighted by molar-refractivity contribution is 5.96. The summed E-state index contributed by atoms with van der Waals surface area (Å²) in [7, 11) is 1.62. The molecule has 0 spiro atoms. The van der Waals surface area contributed by atoms with Crippen LogP contribution in [0.2, 0.25) is 0 Å². The molecule has 7 heteroatoms. The zero-order valence-corrected chi connectivity index (χ0v) is 11.9. The van der Waals surface area contributed by atoms with Gasteiger partial charge in [-0.15, -0.1) is 0 Å². The SMILES string of the molecule is COc1ccc(Cn2c(N)c(C#N)c3c(N)ncnc32)cc1. The van der Waals surface area contributed by atoms with Crippen LogP contribution in [-0.2, 0) is 6.54 Å². The van der Waals surface area contributed by atoms with E-state index in [2.05, 4.69) is 16.0 Å². The van der Waals surface area contributed by atoms with Crippen molar-refractivity contribution in [3.63, 3.8) is 0 Å². The van der Waals surface area contributed by atoms with Crippen molar-refractivity contribution in [2.45, 2.75) is 6.54 Å². The van der Waals surface area contributed by atoms with Gasteiger partial charge >= 0.3 is 0 Å². The summed E-state index contributed by atoms with van der Waals surface area (Å²) in [5.41, 5.74) is 13.8. The minimum Gasteiger partial charge on any atom is -0.497 e. The van der Waals surface area contributed by atoms with E-state index in [-0.39, 0.29) is 5.82 Å². The Morgan fingerprint density at radius 2 is 1.95 bits per heavy atom. The molecule has 0 aliphatic carbocycles. The summed E-state index contributed by atoms with van der Waals surface area (Å²) in [4.78, 5) is 8.15. The number of nitrogen functional groups attached to an aromatic ring is 2. The van der Waals surface area contributed by atoms with Crippen LogP contribution in [0, 0.1) is 11.3 Å². The summed E-state index contributed by atoms with van der Waals surface area (Å²) in [6.45, 7) is 0.477. The number of methoxy groups -OCH3 is 1. The van der Waals surface area contributed by atoms with Crippen LogP contribution >= 0.6 is 0 Å². The van der Waals surface area contributed by atoms with Crippen LogP contribution in [0.1, 0.15) is 11.1 Å². The van der Waals surface area contributed by atoms with Gasteiger partial charge in [-0.2, -0.15) is 5.26 Å². The lowest BCUT2D eigenvalue weighted by Gasteiger charge is -2.08. The third-order valence-electron chi connectivity index (χ3n) is 3.52. The minimum absolute atomic E-state index is 0.252. The number of ether oxygens (including phenoxy) is 1. The number of nitrogens with zero attached hydrogens (tertiary/aromatic N) is 4. The second kappa shape index (κ2) is 5.26. The third-order valence-corrected chi connectivity index (χ3v) is 3.52. The summed E-state index contributed by atoms with van der Waals surface area (Å²) < 4.78 is 6.90. The molecule has 0 aliphatic rings. The van der Waals surface area contributed by atoms with Crippen molar-refractivity contribution in [3.05, 3.63) is 41.7 Å². The normalized spacial score (nSPS) is 10.5. The Bertz CT molecular complexity index is 876. The van der Waals surface area contributed by atoms with E-state index in [1.165, 1.54) is 6.33 Å². The van der Waals surface area contributed by atoms with Crippen molar-refractivity contribution in [1.29, 1.82) is 5.26 Å². The summed E-state index contributed by atoms with van der Waals surface area (Å²) in [5.74, 6) is 1.36. The molecule has 110 valence electrons. The maximum absolute atomic E-state index is 9.32. The summed E-state index contributed by atoms with van der Waals surface area (Å²) in [5, 5.41) is 9.81. The van der Waals surface area contributed by atoms with Gasteiger partial charge in [0.1, 0.15) is 41.0 Å². The largest absolute Gasteiger partial charge is 0.497 e. The first-order valence-electron chi connectivity index (χ1n) is 6.57. The summed E-state index contributed by atoms with van der Waals surface area (Å²) in [6, 6.07) is 9.67. The minimum atomic E-state index is 0.252. The van der Waals surface area contributed by atoms with Gasteiger partial charge in [0.2, 0.25) is 0 Å². The lowest BCUT2D eigenvalue weighted by atomic mass is 10.2. The van der Waals surface area contributed by atoms with Gasteiger partial charge in [0, 0.05) is 0 Å². The third kappa shape index (κ3) is 2.07. The molecule has 0 atom stereocenters. The lowest BCUT2D eigenvalue weighted by molar-refractivity contribution is 0.414. The molecule has 1 aromatic carbocycles. The van der Waals surface area contributed by atoms with Crippen LogP contribution < -0.4 is 16.2 Å². The Hall–Kier alpha value is -3.27. The maximum atomic E-state index is 9.32. The second-order valence-corrected chi connectivity index (χ2v) is 4.76.